The lowest BCUT2D eigenvalue weighted by Gasteiger charge is -2.10. The largest absolute Gasteiger partial charge is 0.455 e. The van der Waals surface area contributed by atoms with E-state index in [2.05, 4.69) is 0 Å². The monoisotopic (exact) mass is 360 g/mol. The molecule has 0 N–H and O–H groups in total. The molecule has 0 saturated heterocycles. The molecule has 2 aromatic carbocycles. The molecule has 3 rings (SSSR count). The zero-order valence-corrected chi connectivity index (χ0v) is 14.8. The van der Waals surface area contributed by atoms with E-state index in [1.165, 1.54) is 0 Å². The van der Waals surface area contributed by atoms with Gasteiger partial charge in [-0.15, -0.1) is 11.6 Å². The molecule has 1 atom stereocenters. The predicted molar refractivity (Wildman–Crippen MR) is 100 cm³/mol. The van der Waals surface area contributed by atoms with Gasteiger partial charge in [0.2, 0.25) is 0 Å². The first-order valence-corrected chi connectivity index (χ1v) is 9.65. The number of halogens is 1. The van der Waals surface area contributed by atoms with Crippen LogP contribution in [0.3, 0.4) is 0 Å². The van der Waals surface area contributed by atoms with E-state index in [-0.39, 0.29) is 5.43 Å². The SMILES string of the molecule is Cc1c(-c2ccccc2)oc2c(CS(=O)CCCl)cccc2c1=O. The lowest BCUT2D eigenvalue weighted by atomic mass is 10.0. The van der Waals surface area contributed by atoms with Gasteiger partial charge in [0.15, 0.2) is 5.43 Å². The van der Waals surface area contributed by atoms with Crippen LogP contribution in [0.15, 0.2) is 57.7 Å². The summed E-state index contributed by atoms with van der Waals surface area (Å²) in [5.74, 6) is 1.64. The molecule has 0 spiro atoms. The number of hydrogen-bond acceptors (Lipinski definition) is 3. The van der Waals surface area contributed by atoms with Crippen molar-refractivity contribution in [2.45, 2.75) is 12.7 Å². The van der Waals surface area contributed by atoms with Gasteiger partial charge in [-0.2, -0.15) is 0 Å². The molecule has 1 aromatic heterocycles. The van der Waals surface area contributed by atoms with Gasteiger partial charge in [0.1, 0.15) is 11.3 Å². The van der Waals surface area contributed by atoms with Gasteiger partial charge in [-0.1, -0.05) is 42.5 Å². The summed E-state index contributed by atoms with van der Waals surface area (Å²) in [6.07, 6.45) is 0. The second-order valence-electron chi connectivity index (χ2n) is 5.52. The lowest BCUT2D eigenvalue weighted by Crippen LogP contribution is -2.09. The van der Waals surface area contributed by atoms with Crippen molar-refractivity contribution in [1.29, 1.82) is 0 Å². The van der Waals surface area contributed by atoms with Crippen molar-refractivity contribution < 1.29 is 8.63 Å². The molecule has 124 valence electrons. The van der Waals surface area contributed by atoms with Crippen molar-refractivity contribution in [1.82, 2.24) is 0 Å². The highest BCUT2D eigenvalue weighted by Crippen LogP contribution is 2.27. The Hall–Kier alpha value is -1.91. The van der Waals surface area contributed by atoms with E-state index in [0.717, 1.165) is 11.1 Å². The second-order valence-corrected chi connectivity index (χ2v) is 7.48. The molecule has 0 aliphatic heterocycles. The maximum absolute atomic E-state index is 12.7. The smallest absolute Gasteiger partial charge is 0.196 e. The summed E-state index contributed by atoms with van der Waals surface area (Å²) in [4.78, 5) is 12.7. The Morgan fingerprint density at radius 3 is 2.54 bits per heavy atom. The highest BCUT2D eigenvalue weighted by molar-refractivity contribution is 7.84. The van der Waals surface area contributed by atoms with Gasteiger partial charge in [0.05, 0.1) is 11.1 Å². The fourth-order valence-electron chi connectivity index (χ4n) is 2.68. The summed E-state index contributed by atoms with van der Waals surface area (Å²) >= 11 is 5.67. The topological polar surface area (TPSA) is 47.3 Å². The van der Waals surface area contributed by atoms with Crippen LogP contribution in [0.2, 0.25) is 0 Å². The van der Waals surface area contributed by atoms with Gasteiger partial charge in [-0.05, 0) is 13.0 Å². The Bertz CT molecular complexity index is 948. The lowest BCUT2D eigenvalue weighted by molar-refractivity contribution is 0.610. The molecule has 0 radical (unpaired) electrons. The van der Waals surface area contributed by atoms with Gasteiger partial charge >= 0.3 is 0 Å². The van der Waals surface area contributed by atoms with Crippen molar-refractivity contribution in [3.8, 4) is 11.3 Å². The third kappa shape index (κ3) is 3.30. The van der Waals surface area contributed by atoms with E-state index in [1.807, 2.05) is 36.4 Å². The predicted octanol–water partition coefficient (Wildman–Crippen LogP) is 4.26. The highest BCUT2D eigenvalue weighted by Gasteiger charge is 2.15. The summed E-state index contributed by atoms with van der Waals surface area (Å²) in [6, 6.07) is 14.9. The highest BCUT2D eigenvalue weighted by atomic mass is 35.5. The van der Waals surface area contributed by atoms with Gasteiger partial charge in [0, 0.05) is 39.1 Å². The van der Waals surface area contributed by atoms with Crippen molar-refractivity contribution in [3.05, 3.63) is 69.9 Å². The first-order chi connectivity index (χ1) is 11.6. The first-order valence-electron chi connectivity index (χ1n) is 7.63. The molecule has 5 heteroatoms. The van der Waals surface area contributed by atoms with Crippen LogP contribution in [0.5, 0.6) is 0 Å². The zero-order chi connectivity index (χ0) is 17.1. The Balaban J connectivity index is 2.21. The van der Waals surface area contributed by atoms with Crippen LogP contribution < -0.4 is 5.43 Å². The number of benzene rings is 2. The molecule has 0 aliphatic rings. The molecule has 24 heavy (non-hydrogen) atoms. The van der Waals surface area contributed by atoms with Gasteiger partial charge < -0.3 is 4.42 Å². The van der Waals surface area contributed by atoms with Gasteiger partial charge in [-0.25, -0.2) is 0 Å². The van der Waals surface area contributed by atoms with Crippen LogP contribution in [-0.2, 0) is 16.6 Å². The van der Waals surface area contributed by atoms with Gasteiger partial charge in [0.25, 0.3) is 0 Å². The Morgan fingerprint density at radius 2 is 1.83 bits per heavy atom. The molecular weight excluding hydrogens is 344 g/mol. The molecule has 0 bridgehead atoms. The zero-order valence-electron chi connectivity index (χ0n) is 13.3. The van der Waals surface area contributed by atoms with Crippen LogP contribution in [0, 0.1) is 6.92 Å². The molecule has 1 unspecified atom stereocenters. The summed E-state index contributed by atoms with van der Waals surface area (Å²) in [5, 5.41) is 0.521. The first kappa shape index (κ1) is 16.9. The maximum Gasteiger partial charge on any atom is 0.196 e. The number of para-hydroxylation sites is 1. The fourth-order valence-corrected chi connectivity index (χ4v) is 4.09. The minimum Gasteiger partial charge on any atom is -0.455 e. The van der Waals surface area contributed by atoms with E-state index >= 15 is 0 Å². The molecule has 1 heterocycles. The molecule has 0 amide bonds. The number of alkyl halides is 1. The summed E-state index contributed by atoms with van der Waals surface area (Å²) in [5.41, 5.74) is 2.65. The fraction of sp³-hybridized carbons (Fsp3) is 0.211. The van der Waals surface area contributed by atoms with E-state index in [9.17, 15) is 9.00 Å². The Labute approximate surface area is 147 Å². The Morgan fingerprint density at radius 1 is 1.08 bits per heavy atom. The summed E-state index contributed by atoms with van der Waals surface area (Å²) in [7, 11) is -1.08. The summed E-state index contributed by atoms with van der Waals surface area (Å²) < 4.78 is 18.2. The molecule has 3 aromatic rings. The molecular formula is C19H17ClO3S. The second kappa shape index (κ2) is 7.32. The number of rotatable bonds is 5. The average molecular weight is 361 g/mol. The van der Waals surface area contributed by atoms with Crippen LogP contribution in [-0.4, -0.2) is 15.8 Å². The normalized spacial score (nSPS) is 12.4. The molecule has 0 fully saturated rings. The molecule has 0 saturated carbocycles. The van der Waals surface area contributed by atoms with Crippen LogP contribution in [0.25, 0.3) is 22.3 Å². The van der Waals surface area contributed by atoms with Crippen molar-refractivity contribution in [3.63, 3.8) is 0 Å². The van der Waals surface area contributed by atoms with Crippen molar-refractivity contribution in [2.24, 2.45) is 0 Å². The maximum atomic E-state index is 12.7. The third-order valence-electron chi connectivity index (χ3n) is 3.88. The molecule has 0 aliphatic carbocycles. The van der Waals surface area contributed by atoms with Crippen molar-refractivity contribution >= 4 is 33.4 Å². The van der Waals surface area contributed by atoms with E-state index in [1.54, 1.807) is 19.1 Å². The van der Waals surface area contributed by atoms with Crippen molar-refractivity contribution in [2.75, 3.05) is 11.6 Å². The Kier molecular flexibility index (Phi) is 5.17. The minimum absolute atomic E-state index is 0.0555. The van der Waals surface area contributed by atoms with Crippen LogP contribution in [0.1, 0.15) is 11.1 Å². The van der Waals surface area contributed by atoms with E-state index in [0.29, 0.717) is 39.7 Å². The quantitative estimate of drug-likeness (QED) is 0.639. The van der Waals surface area contributed by atoms with Crippen LogP contribution in [0.4, 0.5) is 0 Å². The van der Waals surface area contributed by atoms with E-state index < -0.39 is 10.8 Å². The van der Waals surface area contributed by atoms with E-state index in [4.69, 9.17) is 16.0 Å². The number of hydrogen-bond donors (Lipinski definition) is 0. The molecule has 3 nitrogen and oxygen atoms in total. The number of fused-ring (bicyclic) bond motifs is 1. The van der Waals surface area contributed by atoms with Gasteiger partial charge in [-0.3, -0.25) is 9.00 Å². The summed E-state index contributed by atoms with van der Waals surface area (Å²) in [6.45, 7) is 1.77. The van der Waals surface area contributed by atoms with Crippen LogP contribution >= 0.6 is 11.6 Å². The standard InChI is InChI=1S/C19H17ClO3S/c1-13-17(21)16-9-5-8-15(12-24(22)11-10-20)19(16)23-18(13)14-6-3-2-4-7-14/h2-9H,10-12H2,1H3. The minimum atomic E-state index is -1.08. The average Bonchev–Trinajstić information content (AvgIpc) is 2.59. The third-order valence-corrected chi connectivity index (χ3v) is 5.59.